The molecule has 1 aliphatic rings. The van der Waals surface area contributed by atoms with Gasteiger partial charge in [0.15, 0.2) is 0 Å². The molecule has 1 unspecified atom stereocenters. The second-order valence-corrected chi connectivity index (χ2v) is 7.05. The highest BCUT2D eigenvalue weighted by atomic mass is 16.5. The summed E-state index contributed by atoms with van der Waals surface area (Å²) in [5, 5.41) is 0. The summed E-state index contributed by atoms with van der Waals surface area (Å²) in [7, 11) is 1.68. The van der Waals surface area contributed by atoms with E-state index in [0.717, 1.165) is 37.3 Å². The highest BCUT2D eigenvalue weighted by molar-refractivity contribution is 5.94. The Kier molecular flexibility index (Phi) is 6.07. The number of ether oxygens (including phenoxy) is 1. The molecule has 138 valence electrons. The van der Waals surface area contributed by atoms with Crippen molar-refractivity contribution in [3.05, 3.63) is 70.8 Å². The van der Waals surface area contributed by atoms with Crippen LogP contribution < -0.4 is 0 Å². The Bertz CT molecular complexity index is 734. The number of methoxy groups -OCH3 is 1. The zero-order valence-electron chi connectivity index (χ0n) is 15.9. The summed E-state index contributed by atoms with van der Waals surface area (Å²) >= 11 is 0. The summed E-state index contributed by atoms with van der Waals surface area (Å²) in [4.78, 5) is 17.2. The van der Waals surface area contributed by atoms with E-state index in [2.05, 4.69) is 43.0 Å². The fourth-order valence-corrected chi connectivity index (χ4v) is 3.55. The quantitative estimate of drug-likeness (QED) is 0.823. The van der Waals surface area contributed by atoms with E-state index >= 15 is 0 Å². The number of nitrogens with zero attached hydrogens (tertiary/aromatic N) is 2. The molecule has 1 atom stereocenters. The minimum Gasteiger partial charge on any atom is -0.380 e. The Morgan fingerprint density at radius 1 is 1.08 bits per heavy atom. The lowest BCUT2D eigenvalue weighted by atomic mass is 10.0. The van der Waals surface area contributed by atoms with Gasteiger partial charge in [0.25, 0.3) is 5.91 Å². The lowest BCUT2D eigenvalue weighted by molar-refractivity contribution is 0.0582. The highest BCUT2D eigenvalue weighted by Gasteiger charge is 2.25. The molecule has 3 rings (SSSR count). The number of amides is 1. The van der Waals surface area contributed by atoms with Crippen molar-refractivity contribution in [2.24, 2.45) is 0 Å². The van der Waals surface area contributed by atoms with Crippen LogP contribution in [0, 0.1) is 6.92 Å². The van der Waals surface area contributed by atoms with E-state index in [1.165, 1.54) is 11.1 Å². The van der Waals surface area contributed by atoms with Crippen molar-refractivity contribution >= 4 is 5.91 Å². The zero-order chi connectivity index (χ0) is 18.5. The largest absolute Gasteiger partial charge is 0.380 e. The summed E-state index contributed by atoms with van der Waals surface area (Å²) < 4.78 is 5.12. The van der Waals surface area contributed by atoms with E-state index in [4.69, 9.17) is 4.74 Å². The third kappa shape index (κ3) is 4.32. The normalized spacial score (nSPS) is 16.5. The lowest BCUT2D eigenvalue weighted by Crippen LogP contribution is -2.49. The first-order valence-electron chi connectivity index (χ1n) is 9.26. The maximum Gasteiger partial charge on any atom is 0.253 e. The molecule has 0 radical (unpaired) electrons. The average molecular weight is 352 g/mol. The number of piperazine rings is 1. The fraction of sp³-hybridized carbons (Fsp3) is 0.409. The minimum absolute atomic E-state index is 0.122. The van der Waals surface area contributed by atoms with Crippen LogP contribution in [0.25, 0.3) is 0 Å². The molecule has 1 amide bonds. The van der Waals surface area contributed by atoms with Gasteiger partial charge in [-0.3, -0.25) is 9.69 Å². The molecule has 0 bridgehead atoms. The molecule has 4 nitrogen and oxygen atoms in total. The second-order valence-electron chi connectivity index (χ2n) is 7.05. The molecule has 1 aliphatic heterocycles. The molecule has 0 saturated carbocycles. The second kappa shape index (κ2) is 8.47. The smallest absolute Gasteiger partial charge is 0.253 e. The van der Waals surface area contributed by atoms with Gasteiger partial charge in [-0.2, -0.15) is 0 Å². The van der Waals surface area contributed by atoms with Gasteiger partial charge in [0, 0.05) is 44.9 Å². The van der Waals surface area contributed by atoms with E-state index in [1.807, 2.05) is 29.2 Å². The first-order valence-corrected chi connectivity index (χ1v) is 9.26. The Hall–Kier alpha value is -2.17. The van der Waals surface area contributed by atoms with Gasteiger partial charge in [0.05, 0.1) is 6.61 Å². The first kappa shape index (κ1) is 18.6. The predicted molar refractivity (Wildman–Crippen MR) is 104 cm³/mol. The van der Waals surface area contributed by atoms with E-state index in [9.17, 15) is 4.79 Å². The van der Waals surface area contributed by atoms with Crippen molar-refractivity contribution in [2.75, 3.05) is 33.3 Å². The van der Waals surface area contributed by atoms with Crippen LogP contribution in [0.15, 0.2) is 48.5 Å². The van der Waals surface area contributed by atoms with Crippen LogP contribution in [-0.4, -0.2) is 49.0 Å². The number of hydrogen-bond acceptors (Lipinski definition) is 3. The minimum atomic E-state index is 0.122. The van der Waals surface area contributed by atoms with Crippen LogP contribution in [0.1, 0.15) is 40.0 Å². The summed E-state index contributed by atoms with van der Waals surface area (Å²) in [6, 6.07) is 16.8. The van der Waals surface area contributed by atoms with Crippen LogP contribution in [0.5, 0.6) is 0 Å². The maximum atomic E-state index is 12.7. The number of benzene rings is 2. The molecule has 0 aromatic heterocycles. The van der Waals surface area contributed by atoms with Crippen LogP contribution in [0.3, 0.4) is 0 Å². The van der Waals surface area contributed by atoms with Gasteiger partial charge < -0.3 is 9.64 Å². The average Bonchev–Trinajstić information content (AvgIpc) is 2.68. The first-order chi connectivity index (χ1) is 12.6. The molecule has 2 aromatic carbocycles. The van der Waals surface area contributed by atoms with Crippen LogP contribution in [-0.2, 0) is 11.3 Å². The fourth-order valence-electron chi connectivity index (χ4n) is 3.55. The van der Waals surface area contributed by atoms with Gasteiger partial charge in [-0.25, -0.2) is 0 Å². The number of carbonyl (C=O) groups excluding carboxylic acids is 1. The third-order valence-corrected chi connectivity index (χ3v) is 5.19. The van der Waals surface area contributed by atoms with Gasteiger partial charge in [0.2, 0.25) is 0 Å². The Labute approximate surface area is 156 Å². The molecular formula is C22H28N2O2. The molecule has 2 aromatic rings. The number of carbonyl (C=O) groups is 1. The Morgan fingerprint density at radius 2 is 1.77 bits per heavy atom. The van der Waals surface area contributed by atoms with Crippen molar-refractivity contribution in [1.29, 1.82) is 0 Å². The van der Waals surface area contributed by atoms with Gasteiger partial charge >= 0.3 is 0 Å². The predicted octanol–water partition coefficient (Wildman–Crippen LogP) is 3.66. The Morgan fingerprint density at radius 3 is 2.38 bits per heavy atom. The van der Waals surface area contributed by atoms with Crippen molar-refractivity contribution in [2.45, 2.75) is 26.5 Å². The topological polar surface area (TPSA) is 32.8 Å². The third-order valence-electron chi connectivity index (χ3n) is 5.19. The lowest BCUT2D eigenvalue weighted by Gasteiger charge is -2.38. The van der Waals surface area contributed by atoms with Crippen LogP contribution >= 0.6 is 0 Å². The molecule has 1 fully saturated rings. The van der Waals surface area contributed by atoms with Crippen molar-refractivity contribution in [3.8, 4) is 0 Å². The highest BCUT2D eigenvalue weighted by Crippen LogP contribution is 2.23. The van der Waals surface area contributed by atoms with Crippen LogP contribution in [0.4, 0.5) is 0 Å². The number of aryl methyl sites for hydroxylation is 1. The molecular weight excluding hydrogens is 324 g/mol. The van der Waals surface area contributed by atoms with Crippen LogP contribution in [0.2, 0.25) is 0 Å². The van der Waals surface area contributed by atoms with Crippen molar-refractivity contribution < 1.29 is 9.53 Å². The van der Waals surface area contributed by atoms with Gasteiger partial charge in [-0.15, -0.1) is 0 Å². The molecule has 0 spiro atoms. The number of hydrogen-bond donors (Lipinski definition) is 0. The molecule has 1 heterocycles. The standard InChI is InChI=1S/C22H28N2O2/c1-17-5-4-6-21(15-17)18(2)23-11-13-24(14-12-23)22(25)20-9-7-19(8-10-20)16-26-3/h4-10,15,18H,11-14,16H2,1-3H3. The van der Waals surface area contributed by atoms with E-state index < -0.39 is 0 Å². The zero-order valence-corrected chi connectivity index (χ0v) is 15.9. The summed E-state index contributed by atoms with van der Waals surface area (Å²) in [5.41, 5.74) is 4.48. The van der Waals surface area contributed by atoms with Crippen molar-refractivity contribution in [1.82, 2.24) is 9.80 Å². The number of rotatable bonds is 5. The van der Waals surface area contributed by atoms with Crippen molar-refractivity contribution in [3.63, 3.8) is 0 Å². The summed E-state index contributed by atoms with van der Waals surface area (Å²) in [6.07, 6.45) is 0. The SMILES string of the molecule is COCc1ccc(C(=O)N2CCN(C(C)c3cccc(C)c3)CC2)cc1. The van der Waals surface area contributed by atoms with E-state index in [0.29, 0.717) is 12.6 Å². The molecule has 0 N–H and O–H groups in total. The summed E-state index contributed by atoms with van der Waals surface area (Å²) in [5.74, 6) is 0.122. The van der Waals surface area contributed by atoms with Gasteiger partial charge in [-0.1, -0.05) is 42.0 Å². The maximum absolute atomic E-state index is 12.7. The molecule has 4 heteroatoms. The molecule has 26 heavy (non-hydrogen) atoms. The summed E-state index contributed by atoms with van der Waals surface area (Å²) in [6.45, 7) is 8.31. The van der Waals surface area contributed by atoms with Gasteiger partial charge in [0.1, 0.15) is 0 Å². The van der Waals surface area contributed by atoms with E-state index in [-0.39, 0.29) is 5.91 Å². The molecule has 1 saturated heterocycles. The monoisotopic (exact) mass is 352 g/mol. The molecule has 0 aliphatic carbocycles. The Balaban J connectivity index is 1.58. The van der Waals surface area contributed by atoms with Gasteiger partial charge in [-0.05, 0) is 37.1 Å². The van der Waals surface area contributed by atoms with E-state index in [1.54, 1.807) is 7.11 Å².